The number of sulfone groups is 1. The zero-order chi connectivity index (χ0) is 16.2. The van der Waals surface area contributed by atoms with Crippen LogP contribution in [0.4, 0.5) is 0 Å². The highest BCUT2D eigenvalue weighted by molar-refractivity contribution is 9.10. The second-order valence-electron chi connectivity index (χ2n) is 4.68. The van der Waals surface area contributed by atoms with Gasteiger partial charge < -0.3 is 0 Å². The standard InChI is InChI=1S/C17H17BrO2S/c1-6-13(4)17(12(2)3)11-14(5)21(19,20)16-9-7-15(18)8-10-16/h1,7-11H,2H2,3-5H3/b14-11+,17-13-. The number of terminal acetylenes is 1. The van der Waals surface area contributed by atoms with Crippen LogP contribution in [0.5, 0.6) is 0 Å². The first-order chi connectivity index (χ1) is 9.70. The predicted molar refractivity (Wildman–Crippen MR) is 91.4 cm³/mol. The van der Waals surface area contributed by atoms with E-state index in [2.05, 4.69) is 28.4 Å². The summed E-state index contributed by atoms with van der Waals surface area (Å²) in [6.07, 6.45) is 6.97. The smallest absolute Gasteiger partial charge is 0.202 e. The maximum absolute atomic E-state index is 12.5. The molecule has 1 rings (SSSR count). The Morgan fingerprint density at radius 2 is 1.76 bits per heavy atom. The van der Waals surface area contributed by atoms with Gasteiger partial charge in [-0.25, -0.2) is 8.42 Å². The Labute approximate surface area is 135 Å². The zero-order valence-electron chi connectivity index (χ0n) is 12.3. The summed E-state index contributed by atoms with van der Waals surface area (Å²) < 4.78 is 25.9. The minimum absolute atomic E-state index is 0.234. The summed E-state index contributed by atoms with van der Waals surface area (Å²) in [5.74, 6) is 2.52. The predicted octanol–water partition coefficient (Wildman–Crippen LogP) is 4.65. The monoisotopic (exact) mass is 364 g/mol. The molecule has 0 saturated carbocycles. The molecule has 0 aliphatic heterocycles. The number of benzene rings is 1. The molecule has 0 aromatic heterocycles. The van der Waals surface area contributed by atoms with Crippen molar-refractivity contribution in [2.75, 3.05) is 0 Å². The van der Waals surface area contributed by atoms with Crippen molar-refractivity contribution in [1.82, 2.24) is 0 Å². The second-order valence-corrected chi connectivity index (χ2v) is 7.71. The van der Waals surface area contributed by atoms with Crippen LogP contribution >= 0.6 is 15.9 Å². The fraction of sp³-hybridized carbons (Fsp3) is 0.176. The molecule has 0 spiro atoms. The third-order valence-electron chi connectivity index (χ3n) is 2.98. The molecule has 0 radical (unpaired) electrons. The van der Waals surface area contributed by atoms with Gasteiger partial charge in [0, 0.05) is 15.0 Å². The number of halogens is 1. The van der Waals surface area contributed by atoms with Gasteiger partial charge in [-0.2, -0.15) is 0 Å². The first kappa shape index (κ1) is 17.5. The van der Waals surface area contributed by atoms with E-state index in [1.54, 1.807) is 51.1 Å². The molecule has 0 aliphatic rings. The third-order valence-corrected chi connectivity index (χ3v) is 5.36. The van der Waals surface area contributed by atoms with Gasteiger partial charge in [0.1, 0.15) is 0 Å². The van der Waals surface area contributed by atoms with E-state index in [9.17, 15) is 8.42 Å². The quantitative estimate of drug-likeness (QED) is 0.575. The summed E-state index contributed by atoms with van der Waals surface area (Å²) >= 11 is 3.29. The molecule has 0 aliphatic carbocycles. The SMILES string of the molecule is C#C/C(C)=C(/C=C(\C)S(=O)(=O)c1ccc(Br)cc1)C(=C)C. The van der Waals surface area contributed by atoms with Crippen LogP contribution in [0.3, 0.4) is 0 Å². The van der Waals surface area contributed by atoms with Crippen molar-refractivity contribution in [3.8, 4) is 12.3 Å². The Balaban J connectivity index is 3.38. The molecule has 0 heterocycles. The molecule has 0 bridgehead atoms. The van der Waals surface area contributed by atoms with Gasteiger partial charge in [0.25, 0.3) is 0 Å². The molecule has 1 aromatic rings. The van der Waals surface area contributed by atoms with Crippen LogP contribution in [0.15, 0.2) is 67.9 Å². The van der Waals surface area contributed by atoms with Crippen molar-refractivity contribution in [3.05, 3.63) is 63.0 Å². The van der Waals surface area contributed by atoms with Crippen LogP contribution in [0.2, 0.25) is 0 Å². The summed E-state index contributed by atoms with van der Waals surface area (Å²) in [6, 6.07) is 6.52. The molecule has 0 N–H and O–H groups in total. The molecule has 1 aromatic carbocycles. The lowest BCUT2D eigenvalue weighted by Gasteiger charge is -2.08. The Morgan fingerprint density at radius 1 is 1.24 bits per heavy atom. The van der Waals surface area contributed by atoms with E-state index in [0.29, 0.717) is 11.1 Å². The molecular formula is C17H17BrO2S. The fourth-order valence-corrected chi connectivity index (χ4v) is 3.11. The first-order valence-electron chi connectivity index (χ1n) is 6.22. The van der Waals surface area contributed by atoms with Gasteiger partial charge in [0.15, 0.2) is 0 Å². The van der Waals surface area contributed by atoms with Crippen LogP contribution in [-0.4, -0.2) is 8.42 Å². The summed E-state index contributed by atoms with van der Waals surface area (Å²) in [6.45, 7) is 8.97. The molecule has 110 valence electrons. The third kappa shape index (κ3) is 4.20. The summed E-state index contributed by atoms with van der Waals surface area (Å²) in [7, 11) is -3.53. The summed E-state index contributed by atoms with van der Waals surface area (Å²) in [5.41, 5.74) is 2.07. The molecule has 21 heavy (non-hydrogen) atoms. The number of rotatable bonds is 4. The summed E-state index contributed by atoms with van der Waals surface area (Å²) in [4.78, 5) is 0.483. The molecule has 4 heteroatoms. The van der Waals surface area contributed by atoms with Gasteiger partial charge >= 0.3 is 0 Å². The van der Waals surface area contributed by atoms with Gasteiger partial charge in [-0.1, -0.05) is 34.0 Å². The highest BCUT2D eigenvalue weighted by Gasteiger charge is 2.17. The molecule has 0 saturated heterocycles. The van der Waals surface area contributed by atoms with Gasteiger partial charge in [0.05, 0.1) is 4.90 Å². The highest BCUT2D eigenvalue weighted by atomic mass is 79.9. The van der Waals surface area contributed by atoms with Crippen LogP contribution in [0.25, 0.3) is 0 Å². The number of hydrogen-bond acceptors (Lipinski definition) is 2. The van der Waals surface area contributed by atoms with E-state index in [-0.39, 0.29) is 9.80 Å². The van der Waals surface area contributed by atoms with Gasteiger partial charge in [-0.3, -0.25) is 0 Å². The van der Waals surface area contributed by atoms with E-state index >= 15 is 0 Å². The Hall–Kier alpha value is -1.57. The van der Waals surface area contributed by atoms with Crippen molar-refractivity contribution in [2.24, 2.45) is 0 Å². The Kier molecular flexibility index (Phi) is 5.77. The van der Waals surface area contributed by atoms with E-state index < -0.39 is 9.84 Å². The van der Waals surface area contributed by atoms with Gasteiger partial charge in [-0.15, -0.1) is 6.42 Å². The van der Waals surface area contributed by atoms with Gasteiger partial charge in [-0.05, 0) is 56.7 Å². The Bertz CT molecular complexity index is 758. The number of allylic oxidation sites excluding steroid dienone is 5. The van der Waals surface area contributed by atoms with Crippen LogP contribution < -0.4 is 0 Å². The van der Waals surface area contributed by atoms with Crippen LogP contribution in [-0.2, 0) is 9.84 Å². The molecule has 2 nitrogen and oxygen atoms in total. The topological polar surface area (TPSA) is 34.1 Å². The lowest BCUT2D eigenvalue weighted by molar-refractivity contribution is 0.602. The Morgan fingerprint density at radius 3 is 2.19 bits per heavy atom. The first-order valence-corrected chi connectivity index (χ1v) is 8.50. The van der Waals surface area contributed by atoms with Gasteiger partial charge in [0.2, 0.25) is 9.84 Å². The maximum Gasteiger partial charge on any atom is 0.202 e. The lowest BCUT2D eigenvalue weighted by atomic mass is 10.0. The van der Waals surface area contributed by atoms with E-state index in [1.807, 2.05) is 0 Å². The molecule has 0 amide bonds. The number of hydrogen-bond donors (Lipinski definition) is 0. The fourth-order valence-electron chi connectivity index (χ4n) is 1.71. The average molecular weight is 365 g/mol. The molecule has 0 fully saturated rings. The maximum atomic E-state index is 12.5. The zero-order valence-corrected chi connectivity index (χ0v) is 14.7. The molecule has 0 atom stereocenters. The van der Waals surface area contributed by atoms with Crippen molar-refractivity contribution >= 4 is 25.8 Å². The van der Waals surface area contributed by atoms with Crippen molar-refractivity contribution < 1.29 is 8.42 Å². The van der Waals surface area contributed by atoms with E-state index in [1.165, 1.54) is 0 Å². The van der Waals surface area contributed by atoms with Crippen molar-refractivity contribution in [3.63, 3.8) is 0 Å². The van der Waals surface area contributed by atoms with Crippen LogP contribution in [0.1, 0.15) is 20.8 Å². The van der Waals surface area contributed by atoms with Crippen molar-refractivity contribution in [2.45, 2.75) is 25.7 Å². The van der Waals surface area contributed by atoms with Crippen LogP contribution in [0, 0.1) is 12.3 Å². The van der Waals surface area contributed by atoms with Crippen molar-refractivity contribution in [1.29, 1.82) is 0 Å². The minimum atomic E-state index is -3.53. The molecular weight excluding hydrogens is 348 g/mol. The normalized spacial score (nSPS) is 13.4. The van der Waals surface area contributed by atoms with E-state index in [0.717, 1.165) is 10.0 Å². The second kappa shape index (κ2) is 6.93. The average Bonchev–Trinajstić information content (AvgIpc) is 2.43. The largest absolute Gasteiger partial charge is 0.219 e. The lowest BCUT2D eigenvalue weighted by Crippen LogP contribution is -2.03. The highest BCUT2D eigenvalue weighted by Crippen LogP contribution is 2.24. The molecule has 0 unspecified atom stereocenters. The minimum Gasteiger partial charge on any atom is -0.219 e. The summed E-state index contributed by atoms with van der Waals surface area (Å²) in [5, 5.41) is 0. The van der Waals surface area contributed by atoms with E-state index in [4.69, 9.17) is 6.42 Å².